The van der Waals surface area contributed by atoms with Crippen LogP contribution in [-0.2, 0) is 26.2 Å². The first-order valence-electron chi connectivity index (χ1n) is 13.7. The Balaban J connectivity index is 2.07. The summed E-state index contributed by atoms with van der Waals surface area (Å²) in [7, 11) is -4.09. The van der Waals surface area contributed by atoms with Crippen LogP contribution >= 0.6 is 0 Å². The topological polar surface area (TPSA) is 86.8 Å². The second kappa shape index (κ2) is 13.6. The molecule has 3 rings (SSSR count). The van der Waals surface area contributed by atoms with Gasteiger partial charge in [0.1, 0.15) is 12.6 Å². The van der Waals surface area contributed by atoms with Gasteiger partial charge in [-0.05, 0) is 68.0 Å². The summed E-state index contributed by atoms with van der Waals surface area (Å²) >= 11 is 0. The van der Waals surface area contributed by atoms with Gasteiger partial charge >= 0.3 is 0 Å². The van der Waals surface area contributed by atoms with Crippen molar-refractivity contribution in [3.05, 3.63) is 95.1 Å². The van der Waals surface area contributed by atoms with Gasteiger partial charge in [-0.1, -0.05) is 80.9 Å². The van der Waals surface area contributed by atoms with Crippen molar-refractivity contribution in [2.24, 2.45) is 5.92 Å². The van der Waals surface area contributed by atoms with Gasteiger partial charge in [-0.15, -0.1) is 0 Å². The lowest BCUT2D eigenvalue weighted by molar-refractivity contribution is -0.140. The van der Waals surface area contributed by atoms with E-state index >= 15 is 0 Å². The van der Waals surface area contributed by atoms with E-state index in [0.717, 1.165) is 22.3 Å². The van der Waals surface area contributed by atoms with Gasteiger partial charge in [-0.2, -0.15) is 0 Å². The number of carbonyl (C=O) groups excluding carboxylic acids is 2. The molecule has 0 aliphatic rings. The molecule has 2 amide bonds. The number of anilines is 1. The molecule has 0 aromatic heterocycles. The highest BCUT2D eigenvalue weighted by Gasteiger charge is 2.34. The first-order valence-corrected chi connectivity index (χ1v) is 15.2. The number of rotatable bonds is 12. The highest BCUT2D eigenvalue weighted by Crippen LogP contribution is 2.29. The number of nitrogens with zero attached hydrogens (tertiary/aromatic N) is 2. The Labute approximate surface area is 239 Å². The zero-order chi connectivity index (χ0) is 29.4. The molecule has 214 valence electrons. The maximum atomic E-state index is 14.2. The Bertz CT molecular complexity index is 1400. The van der Waals surface area contributed by atoms with Crippen LogP contribution in [0.15, 0.2) is 77.7 Å². The Morgan fingerprint density at radius 3 is 2.12 bits per heavy atom. The summed E-state index contributed by atoms with van der Waals surface area (Å²) in [5, 5.41) is 2.96. The minimum atomic E-state index is -4.09. The first kappa shape index (κ1) is 30.9. The van der Waals surface area contributed by atoms with Crippen molar-refractivity contribution in [2.45, 2.75) is 65.4 Å². The number of amides is 2. The molecule has 0 aliphatic carbocycles. The second-order valence-electron chi connectivity index (χ2n) is 10.6. The molecule has 3 aromatic rings. The van der Waals surface area contributed by atoms with Crippen molar-refractivity contribution in [3.8, 4) is 0 Å². The zero-order valence-electron chi connectivity index (χ0n) is 24.3. The van der Waals surface area contributed by atoms with E-state index in [-0.39, 0.29) is 23.3 Å². The summed E-state index contributed by atoms with van der Waals surface area (Å²) in [5.41, 5.74) is 4.05. The summed E-state index contributed by atoms with van der Waals surface area (Å²) in [6.45, 7) is 11.8. The molecular weight excluding hydrogens is 522 g/mol. The molecule has 0 fully saturated rings. The lowest BCUT2D eigenvalue weighted by Crippen LogP contribution is -2.52. The van der Waals surface area contributed by atoms with E-state index in [1.54, 1.807) is 30.3 Å². The van der Waals surface area contributed by atoms with E-state index in [1.807, 2.05) is 71.9 Å². The van der Waals surface area contributed by atoms with E-state index in [1.165, 1.54) is 21.3 Å². The number of benzene rings is 3. The molecule has 1 atom stereocenters. The quantitative estimate of drug-likeness (QED) is 0.320. The first-order chi connectivity index (χ1) is 18.9. The molecule has 0 unspecified atom stereocenters. The summed E-state index contributed by atoms with van der Waals surface area (Å²) in [6.07, 6.45) is 0.385. The molecule has 0 aliphatic heterocycles. The predicted molar refractivity (Wildman–Crippen MR) is 161 cm³/mol. The summed E-state index contributed by atoms with van der Waals surface area (Å²) in [6, 6.07) is 20.5. The number of hydrogen-bond donors (Lipinski definition) is 1. The predicted octanol–water partition coefficient (Wildman–Crippen LogP) is 5.39. The van der Waals surface area contributed by atoms with Crippen LogP contribution in [-0.4, -0.2) is 44.3 Å². The molecule has 40 heavy (non-hydrogen) atoms. The van der Waals surface area contributed by atoms with Crippen LogP contribution in [0, 0.1) is 26.7 Å². The van der Waals surface area contributed by atoms with Crippen molar-refractivity contribution < 1.29 is 18.0 Å². The molecule has 0 bridgehead atoms. The van der Waals surface area contributed by atoms with Crippen molar-refractivity contribution in [2.75, 3.05) is 17.4 Å². The third kappa shape index (κ3) is 7.50. The largest absolute Gasteiger partial charge is 0.354 e. The lowest BCUT2D eigenvalue weighted by Gasteiger charge is -2.34. The molecule has 3 aromatic carbocycles. The molecule has 0 heterocycles. The molecule has 7 nitrogen and oxygen atoms in total. The van der Waals surface area contributed by atoms with Crippen LogP contribution in [0.25, 0.3) is 0 Å². The summed E-state index contributed by atoms with van der Waals surface area (Å²) in [5.74, 6) is -0.452. The fourth-order valence-electron chi connectivity index (χ4n) is 4.47. The van der Waals surface area contributed by atoms with Gasteiger partial charge in [0.25, 0.3) is 10.0 Å². The normalized spacial score (nSPS) is 12.2. The number of sulfonamides is 1. The van der Waals surface area contributed by atoms with E-state index in [2.05, 4.69) is 5.32 Å². The van der Waals surface area contributed by atoms with Crippen molar-refractivity contribution in [1.29, 1.82) is 0 Å². The van der Waals surface area contributed by atoms with Crippen LogP contribution in [0.4, 0.5) is 5.69 Å². The third-order valence-corrected chi connectivity index (χ3v) is 8.77. The van der Waals surface area contributed by atoms with Gasteiger partial charge in [-0.25, -0.2) is 8.42 Å². The van der Waals surface area contributed by atoms with Gasteiger partial charge in [0.15, 0.2) is 0 Å². The maximum absolute atomic E-state index is 14.2. The average molecular weight is 564 g/mol. The number of nitrogens with one attached hydrogen (secondary N) is 1. The van der Waals surface area contributed by atoms with Crippen molar-refractivity contribution in [3.63, 3.8) is 0 Å². The molecule has 0 radical (unpaired) electrons. The molecule has 8 heteroatoms. The standard InChI is InChI=1S/C32H41N3O4S/c1-7-29(32(37)33-20-23(2)3)34(21-27-18-16-24(4)17-19-27)31(36)22-35(30-15-11-12-25(5)26(30)6)40(38,39)28-13-9-8-10-14-28/h8-19,23,29H,7,20-22H2,1-6H3,(H,33,37)/t29-/m1/s1. The molecule has 0 saturated heterocycles. The maximum Gasteiger partial charge on any atom is 0.264 e. The smallest absolute Gasteiger partial charge is 0.264 e. The van der Waals surface area contributed by atoms with Crippen LogP contribution < -0.4 is 9.62 Å². The number of carbonyl (C=O) groups is 2. The van der Waals surface area contributed by atoms with Crippen LogP contribution in [0.2, 0.25) is 0 Å². The van der Waals surface area contributed by atoms with Gasteiger partial charge in [-0.3, -0.25) is 13.9 Å². The lowest BCUT2D eigenvalue weighted by atomic mass is 10.1. The monoisotopic (exact) mass is 563 g/mol. The Morgan fingerprint density at radius 1 is 0.875 bits per heavy atom. The Kier molecular flexibility index (Phi) is 10.5. The van der Waals surface area contributed by atoms with Crippen LogP contribution in [0.5, 0.6) is 0 Å². The fourth-order valence-corrected chi connectivity index (χ4v) is 5.96. The Morgan fingerprint density at radius 2 is 1.52 bits per heavy atom. The number of hydrogen-bond acceptors (Lipinski definition) is 4. The molecule has 0 saturated carbocycles. The van der Waals surface area contributed by atoms with Gasteiger partial charge in [0, 0.05) is 13.1 Å². The molecular formula is C32H41N3O4S. The third-order valence-electron chi connectivity index (χ3n) is 7.00. The van der Waals surface area contributed by atoms with Gasteiger partial charge in [0.2, 0.25) is 11.8 Å². The van der Waals surface area contributed by atoms with E-state index < -0.39 is 28.5 Å². The van der Waals surface area contributed by atoms with E-state index in [9.17, 15) is 18.0 Å². The minimum absolute atomic E-state index is 0.0931. The molecule has 1 N–H and O–H groups in total. The highest BCUT2D eigenvalue weighted by molar-refractivity contribution is 7.92. The van der Waals surface area contributed by atoms with Crippen molar-refractivity contribution in [1.82, 2.24) is 10.2 Å². The van der Waals surface area contributed by atoms with Crippen LogP contribution in [0.3, 0.4) is 0 Å². The van der Waals surface area contributed by atoms with Gasteiger partial charge in [0.05, 0.1) is 10.6 Å². The summed E-state index contributed by atoms with van der Waals surface area (Å²) < 4.78 is 29.1. The van der Waals surface area contributed by atoms with Crippen molar-refractivity contribution >= 4 is 27.5 Å². The van der Waals surface area contributed by atoms with Crippen LogP contribution in [0.1, 0.15) is 49.4 Å². The van der Waals surface area contributed by atoms with Gasteiger partial charge < -0.3 is 10.2 Å². The molecule has 0 spiro atoms. The van der Waals surface area contributed by atoms with E-state index in [0.29, 0.717) is 18.7 Å². The zero-order valence-corrected chi connectivity index (χ0v) is 25.2. The van der Waals surface area contributed by atoms with E-state index in [4.69, 9.17) is 0 Å². The fraction of sp³-hybridized carbons (Fsp3) is 0.375. The highest BCUT2D eigenvalue weighted by atomic mass is 32.2. The Hall–Kier alpha value is -3.65. The summed E-state index contributed by atoms with van der Waals surface area (Å²) in [4.78, 5) is 29.1. The second-order valence-corrected chi connectivity index (χ2v) is 12.5. The SMILES string of the molecule is CC[C@H](C(=O)NCC(C)C)N(Cc1ccc(C)cc1)C(=O)CN(c1cccc(C)c1C)S(=O)(=O)c1ccccc1. The number of aryl methyl sites for hydroxylation is 2. The minimum Gasteiger partial charge on any atom is -0.354 e. The average Bonchev–Trinajstić information content (AvgIpc) is 2.93.